The summed E-state index contributed by atoms with van der Waals surface area (Å²) in [5.41, 5.74) is 8.77. The molecule has 0 aromatic heterocycles. The van der Waals surface area contributed by atoms with Gasteiger partial charge >= 0.3 is 5.97 Å². The molecule has 1 saturated heterocycles. The molecule has 5 rings (SSSR count). The molecule has 11 nitrogen and oxygen atoms in total. The molecule has 2 aromatic rings. The van der Waals surface area contributed by atoms with Crippen molar-refractivity contribution in [2.24, 2.45) is 21.5 Å². The van der Waals surface area contributed by atoms with Gasteiger partial charge in [0.15, 0.2) is 12.1 Å². The summed E-state index contributed by atoms with van der Waals surface area (Å²) in [7, 11) is 0. The minimum absolute atomic E-state index is 0.0340. The van der Waals surface area contributed by atoms with Crippen molar-refractivity contribution in [3.05, 3.63) is 48.0 Å². The standard InChI is InChI=1S/C21H24N6O5/c1-20(30)15(32-17(29)13-8-4-6-11-5-2-3-7-12(11)13)9-26-18(22)24-14(10-28)16-21(20,26)27(31)19(23)25-16/h2-8,14-16,28,30-31H,9-10H2,1H3,(H2,22,24)(H2,23,25). The van der Waals surface area contributed by atoms with Crippen LogP contribution in [0.5, 0.6) is 0 Å². The van der Waals surface area contributed by atoms with E-state index in [2.05, 4.69) is 9.98 Å². The number of benzene rings is 2. The number of hydrogen-bond donors (Lipinski definition) is 5. The Bertz CT molecular complexity index is 1160. The monoisotopic (exact) mass is 440 g/mol. The van der Waals surface area contributed by atoms with Crippen LogP contribution in [-0.4, -0.2) is 85.9 Å². The first-order valence-corrected chi connectivity index (χ1v) is 10.2. The molecule has 2 aromatic carbocycles. The fourth-order valence-electron chi connectivity index (χ4n) is 5.19. The number of aliphatic hydroxyl groups is 2. The Morgan fingerprint density at radius 1 is 1.19 bits per heavy atom. The highest BCUT2D eigenvalue weighted by Gasteiger charge is 2.75. The van der Waals surface area contributed by atoms with E-state index in [0.29, 0.717) is 16.0 Å². The summed E-state index contributed by atoms with van der Waals surface area (Å²) in [5.74, 6) is -0.927. The average Bonchev–Trinajstić information content (AvgIpc) is 3.19. The van der Waals surface area contributed by atoms with Crippen LogP contribution >= 0.6 is 0 Å². The molecule has 3 heterocycles. The van der Waals surface area contributed by atoms with Gasteiger partial charge in [-0.05, 0) is 23.8 Å². The van der Waals surface area contributed by atoms with Crippen LogP contribution in [0.3, 0.4) is 0 Å². The van der Waals surface area contributed by atoms with Crippen molar-refractivity contribution in [3.63, 3.8) is 0 Å². The number of carbonyl (C=O) groups excluding carboxylic acids is 1. The SMILES string of the molecule is CC1(O)C(OC(=O)c2cccc3ccccc23)CN2C(N)=NC(CO)C3N=C(N)N(O)C321. The number of ether oxygens (including phenoxy) is 1. The van der Waals surface area contributed by atoms with Crippen molar-refractivity contribution < 1.29 is 25.0 Å². The largest absolute Gasteiger partial charge is 0.454 e. The maximum atomic E-state index is 13.2. The third-order valence-corrected chi connectivity index (χ3v) is 6.74. The maximum Gasteiger partial charge on any atom is 0.339 e. The molecule has 0 aliphatic carbocycles. The lowest BCUT2D eigenvalue weighted by Crippen LogP contribution is -2.76. The summed E-state index contributed by atoms with van der Waals surface area (Å²) in [6.07, 6.45) is -1.11. The predicted octanol–water partition coefficient (Wildman–Crippen LogP) is -0.795. The summed E-state index contributed by atoms with van der Waals surface area (Å²) >= 11 is 0. The second-order valence-corrected chi connectivity index (χ2v) is 8.39. The summed E-state index contributed by atoms with van der Waals surface area (Å²) in [6, 6.07) is 10.9. The van der Waals surface area contributed by atoms with Crippen LogP contribution in [0.25, 0.3) is 10.8 Å². The Morgan fingerprint density at radius 3 is 2.66 bits per heavy atom. The smallest absolute Gasteiger partial charge is 0.339 e. The van der Waals surface area contributed by atoms with Crippen molar-refractivity contribution in [1.82, 2.24) is 9.96 Å². The highest BCUT2D eigenvalue weighted by Crippen LogP contribution is 2.50. The second-order valence-electron chi connectivity index (χ2n) is 8.39. The molecular weight excluding hydrogens is 416 g/mol. The molecule has 32 heavy (non-hydrogen) atoms. The number of hydrogen-bond acceptors (Lipinski definition) is 11. The quantitative estimate of drug-likeness (QED) is 0.384. The Labute approximate surface area is 183 Å². The number of aliphatic imine (C=N–C) groups is 2. The topological polar surface area (TPSA) is 170 Å². The lowest BCUT2D eigenvalue weighted by atomic mass is 9.79. The number of fused-ring (bicyclic) bond motifs is 1. The van der Waals surface area contributed by atoms with Crippen molar-refractivity contribution in [1.29, 1.82) is 0 Å². The number of hydroxylamine groups is 2. The van der Waals surface area contributed by atoms with Crippen LogP contribution in [0.15, 0.2) is 52.4 Å². The Balaban J connectivity index is 1.54. The van der Waals surface area contributed by atoms with E-state index < -0.39 is 42.0 Å². The van der Waals surface area contributed by atoms with E-state index in [1.807, 2.05) is 30.3 Å². The number of aliphatic hydroxyl groups excluding tert-OH is 1. The number of guanidine groups is 2. The molecule has 5 atom stereocenters. The molecule has 3 aliphatic rings. The molecular formula is C21H24N6O5. The first-order chi connectivity index (χ1) is 15.2. The second kappa shape index (κ2) is 6.79. The van der Waals surface area contributed by atoms with Gasteiger partial charge in [-0.1, -0.05) is 36.4 Å². The van der Waals surface area contributed by atoms with E-state index in [4.69, 9.17) is 16.2 Å². The molecule has 1 spiro atoms. The fourth-order valence-corrected chi connectivity index (χ4v) is 5.19. The average molecular weight is 440 g/mol. The van der Waals surface area contributed by atoms with Crippen molar-refractivity contribution in [2.75, 3.05) is 13.2 Å². The Hall–Kier alpha value is -3.41. The van der Waals surface area contributed by atoms with Gasteiger partial charge in [0, 0.05) is 0 Å². The zero-order chi connectivity index (χ0) is 22.8. The van der Waals surface area contributed by atoms with Gasteiger partial charge in [-0.15, -0.1) is 0 Å². The van der Waals surface area contributed by atoms with E-state index in [-0.39, 0.29) is 18.5 Å². The molecule has 7 N–H and O–H groups in total. The lowest BCUT2D eigenvalue weighted by Gasteiger charge is -2.51. The van der Waals surface area contributed by atoms with Gasteiger partial charge in [0.05, 0.1) is 18.7 Å². The zero-order valence-corrected chi connectivity index (χ0v) is 17.3. The van der Waals surface area contributed by atoms with E-state index >= 15 is 0 Å². The highest BCUT2D eigenvalue weighted by molar-refractivity contribution is 6.04. The van der Waals surface area contributed by atoms with Crippen LogP contribution in [0, 0.1) is 0 Å². The molecule has 5 unspecified atom stereocenters. The predicted molar refractivity (Wildman–Crippen MR) is 115 cm³/mol. The first kappa shape index (κ1) is 20.5. The third-order valence-electron chi connectivity index (χ3n) is 6.74. The molecule has 1 fully saturated rings. The number of nitrogens with zero attached hydrogens (tertiary/aromatic N) is 4. The highest BCUT2D eigenvalue weighted by atomic mass is 16.6. The minimum Gasteiger partial charge on any atom is -0.454 e. The fraction of sp³-hybridized carbons (Fsp3) is 0.381. The Kier molecular flexibility index (Phi) is 4.35. The number of carbonyl (C=O) groups is 1. The van der Waals surface area contributed by atoms with Gasteiger partial charge in [0.2, 0.25) is 11.6 Å². The van der Waals surface area contributed by atoms with Crippen LogP contribution in [0.4, 0.5) is 0 Å². The van der Waals surface area contributed by atoms with E-state index in [1.54, 1.807) is 12.1 Å². The van der Waals surface area contributed by atoms with E-state index in [9.17, 15) is 20.2 Å². The number of nitrogens with two attached hydrogens (primary N) is 2. The van der Waals surface area contributed by atoms with Crippen molar-refractivity contribution in [3.8, 4) is 0 Å². The van der Waals surface area contributed by atoms with Gasteiger partial charge in [-0.2, -0.15) is 5.06 Å². The number of esters is 1. The van der Waals surface area contributed by atoms with Crippen LogP contribution < -0.4 is 11.5 Å². The number of rotatable bonds is 3. The molecule has 0 radical (unpaired) electrons. The zero-order valence-electron chi connectivity index (χ0n) is 17.3. The first-order valence-electron chi connectivity index (χ1n) is 10.2. The summed E-state index contributed by atoms with van der Waals surface area (Å²) in [6.45, 7) is 0.931. The van der Waals surface area contributed by atoms with Gasteiger partial charge < -0.3 is 31.3 Å². The van der Waals surface area contributed by atoms with Crippen molar-refractivity contribution >= 4 is 28.7 Å². The molecule has 0 amide bonds. The molecule has 0 saturated carbocycles. The lowest BCUT2D eigenvalue weighted by molar-refractivity contribution is -0.228. The molecule has 11 heteroatoms. The van der Waals surface area contributed by atoms with Crippen LogP contribution in [0.2, 0.25) is 0 Å². The third kappa shape index (κ3) is 2.43. The van der Waals surface area contributed by atoms with E-state index in [0.717, 1.165) is 5.39 Å². The van der Waals surface area contributed by atoms with Gasteiger partial charge in [-0.3, -0.25) is 5.21 Å². The van der Waals surface area contributed by atoms with Crippen LogP contribution in [0.1, 0.15) is 17.3 Å². The summed E-state index contributed by atoms with van der Waals surface area (Å²) in [5, 5.41) is 34.6. The van der Waals surface area contributed by atoms with Crippen molar-refractivity contribution in [2.45, 2.75) is 36.4 Å². The van der Waals surface area contributed by atoms with Gasteiger partial charge in [-0.25, -0.2) is 14.8 Å². The maximum absolute atomic E-state index is 13.2. The summed E-state index contributed by atoms with van der Waals surface area (Å²) in [4.78, 5) is 23.1. The molecule has 0 bridgehead atoms. The molecule has 168 valence electrons. The normalized spacial score (nSPS) is 33.6. The Morgan fingerprint density at radius 2 is 1.91 bits per heavy atom. The summed E-state index contributed by atoms with van der Waals surface area (Å²) < 4.78 is 5.78. The van der Waals surface area contributed by atoms with E-state index in [1.165, 1.54) is 11.8 Å². The van der Waals surface area contributed by atoms with Gasteiger partial charge in [0.1, 0.15) is 17.7 Å². The molecule has 3 aliphatic heterocycles. The van der Waals surface area contributed by atoms with Gasteiger partial charge in [0.25, 0.3) is 0 Å². The minimum atomic E-state index is -1.88. The van der Waals surface area contributed by atoms with Crippen LogP contribution in [-0.2, 0) is 4.74 Å².